The highest BCUT2D eigenvalue weighted by molar-refractivity contribution is 6.15. The van der Waals surface area contributed by atoms with Gasteiger partial charge >= 0.3 is 11.6 Å². The van der Waals surface area contributed by atoms with Gasteiger partial charge in [-0.05, 0) is 18.6 Å². The van der Waals surface area contributed by atoms with Crippen LogP contribution in [0.25, 0.3) is 21.7 Å². The van der Waals surface area contributed by atoms with E-state index in [-0.39, 0.29) is 27.7 Å². The number of carboxylic acid groups (broad SMARTS) is 1. The SMILES string of the molecule is Cc1cccc2c1c(=O)oc1cc(O[C@@H]3O[C@H](CO)[C@@H](O)[C@H](O)[C@H]3O)cc(C(=O)O)c12. The van der Waals surface area contributed by atoms with Gasteiger partial charge in [0, 0.05) is 16.8 Å². The Balaban J connectivity index is 1.84. The van der Waals surface area contributed by atoms with Crippen molar-refractivity contribution in [1.29, 1.82) is 0 Å². The number of benzene rings is 2. The van der Waals surface area contributed by atoms with Gasteiger partial charge in [-0.3, -0.25) is 0 Å². The van der Waals surface area contributed by atoms with E-state index in [1.165, 1.54) is 12.1 Å². The number of aromatic carboxylic acids is 1. The van der Waals surface area contributed by atoms with Gasteiger partial charge < -0.3 is 39.4 Å². The van der Waals surface area contributed by atoms with Gasteiger partial charge in [0.05, 0.1) is 17.6 Å². The highest BCUT2D eigenvalue weighted by Gasteiger charge is 2.44. The average molecular weight is 432 g/mol. The summed E-state index contributed by atoms with van der Waals surface area (Å²) in [5.74, 6) is -1.43. The third-order valence-corrected chi connectivity index (χ3v) is 5.36. The van der Waals surface area contributed by atoms with Crippen LogP contribution in [0.5, 0.6) is 5.75 Å². The molecule has 5 atom stereocenters. The first kappa shape index (κ1) is 21.2. The van der Waals surface area contributed by atoms with E-state index < -0.39 is 48.9 Å². The van der Waals surface area contributed by atoms with Crippen molar-refractivity contribution in [2.75, 3.05) is 6.61 Å². The van der Waals surface area contributed by atoms with Crippen molar-refractivity contribution < 1.29 is 44.2 Å². The molecule has 0 aliphatic carbocycles. The van der Waals surface area contributed by atoms with Crippen molar-refractivity contribution in [1.82, 2.24) is 0 Å². The second kappa shape index (κ2) is 7.91. The first-order valence-corrected chi connectivity index (χ1v) is 9.43. The van der Waals surface area contributed by atoms with Crippen molar-refractivity contribution in [3.8, 4) is 5.75 Å². The molecule has 164 valence electrons. The zero-order valence-corrected chi connectivity index (χ0v) is 16.3. The number of carbonyl (C=O) groups is 1. The quantitative estimate of drug-likeness (QED) is 0.282. The monoisotopic (exact) mass is 432 g/mol. The zero-order valence-electron chi connectivity index (χ0n) is 16.3. The first-order chi connectivity index (χ1) is 14.7. The molecule has 1 aromatic heterocycles. The average Bonchev–Trinajstić information content (AvgIpc) is 2.73. The summed E-state index contributed by atoms with van der Waals surface area (Å²) in [6.45, 7) is 1.06. The van der Waals surface area contributed by atoms with Gasteiger partial charge in [0.1, 0.15) is 35.7 Å². The summed E-state index contributed by atoms with van der Waals surface area (Å²) in [6, 6.07) is 7.47. The topological polar surface area (TPSA) is 167 Å². The maximum Gasteiger partial charge on any atom is 0.344 e. The highest BCUT2D eigenvalue weighted by atomic mass is 16.7. The Morgan fingerprint density at radius 1 is 1.10 bits per heavy atom. The van der Waals surface area contributed by atoms with E-state index in [1.807, 2.05) is 0 Å². The predicted molar refractivity (Wildman–Crippen MR) is 106 cm³/mol. The number of aryl methyl sites for hydroxylation is 1. The van der Waals surface area contributed by atoms with Crippen LogP contribution in [0.2, 0.25) is 0 Å². The molecule has 0 spiro atoms. The Morgan fingerprint density at radius 2 is 1.84 bits per heavy atom. The van der Waals surface area contributed by atoms with Gasteiger partial charge in [-0.2, -0.15) is 0 Å². The van der Waals surface area contributed by atoms with Crippen molar-refractivity contribution in [2.24, 2.45) is 0 Å². The molecule has 0 saturated carbocycles. The molecule has 0 bridgehead atoms. The lowest BCUT2D eigenvalue weighted by molar-refractivity contribution is -0.277. The Hall–Kier alpha value is -3.02. The first-order valence-electron chi connectivity index (χ1n) is 9.43. The molecule has 10 heteroatoms. The highest BCUT2D eigenvalue weighted by Crippen LogP contribution is 2.33. The molecular weight excluding hydrogens is 412 g/mol. The van der Waals surface area contributed by atoms with Crippen LogP contribution in [0.3, 0.4) is 0 Å². The summed E-state index contributed by atoms with van der Waals surface area (Å²) in [5.41, 5.74) is -0.285. The summed E-state index contributed by atoms with van der Waals surface area (Å²) in [6.07, 6.45) is -7.65. The molecule has 2 aromatic carbocycles. The van der Waals surface area contributed by atoms with E-state index in [4.69, 9.17) is 13.9 Å². The maximum absolute atomic E-state index is 12.5. The number of ether oxygens (including phenoxy) is 2. The second-order valence-corrected chi connectivity index (χ2v) is 7.35. The fourth-order valence-corrected chi connectivity index (χ4v) is 3.78. The molecule has 0 amide bonds. The Labute approximate surface area is 174 Å². The predicted octanol–water partition coefficient (Wildman–Crippen LogP) is 0.132. The van der Waals surface area contributed by atoms with Crippen molar-refractivity contribution in [3.05, 3.63) is 51.9 Å². The van der Waals surface area contributed by atoms with Crippen LogP contribution >= 0.6 is 0 Å². The molecule has 31 heavy (non-hydrogen) atoms. The molecule has 0 unspecified atom stereocenters. The van der Waals surface area contributed by atoms with Gasteiger partial charge in [0.2, 0.25) is 6.29 Å². The van der Waals surface area contributed by atoms with E-state index in [0.29, 0.717) is 10.9 Å². The summed E-state index contributed by atoms with van der Waals surface area (Å²) in [4.78, 5) is 24.5. The number of hydrogen-bond donors (Lipinski definition) is 5. The summed E-state index contributed by atoms with van der Waals surface area (Å²) >= 11 is 0. The van der Waals surface area contributed by atoms with Crippen LogP contribution < -0.4 is 10.4 Å². The van der Waals surface area contributed by atoms with Crippen molar-refractivity contribution >= 4 is 27.7 Å². The Bertz CT molecular complexity index is 1210. The van der Waals surface area contributed by atoms with E-state index in [0.717, 1.165) is 0 Å². The van der Waals surface area contributed by atoms with Crippen LogP contribution in [0.1, 0.15) is 15.9 Å². The Morgan fingerprint density at radius 3 is 2.52 bits per heavy atom. The molecule has 1 fully saturated rings. The second-order valence-electron chi connectivity index (χ2n) is 7.35. The number of carboxylic acids is 1. The smallest absolute Gasteiger partial charge is 0.344 e. The molecule has 1 aliphatic heterocycles. The van der Waals surface area contributed by atoms with E-state index >= 15 is 0 Å². The molecular formula is C21H20O10. The molecule has 4 rings (SSSR count). The molecule has 1 saturated heterocycles. The van der Waals surface area contributed by atoms with Crippen LogP contribution in [0.15, 0.2) is 39.5 Å². The summed E-state index contributed by atoms with van der Waals surface area (Å²) in [5, 5.41) is 49.9. The van der Waals surface area contributed by atoms with Gasteiger partial charge in [0.25, 0.3) is 0 Å². The largest absolute Gasteiger partial charge is 0.478 e. The molecule has 3 aromatic rings. The van der Waals surface area contributed by atoms with Gasteiger partial charge in [0.15, 0.2) is 0 Å². The van der Waals surface area contributed by atoms with Crippen molar-refractivity contribution in [3.63, 3.8) is 0 Å². The fourth-order valence-electron chi connectivity index (χ4n) is 3.78. The minimum Gasteiger partial charge on any atom is -0.478 e. The molecule has 1 aliphatic rings. The van der Waals surface area contributed by atoms with Crippen LogP contribution in [0.4, 0.5) is 0 Å². The van der Waals surface area contributed by atoms with Crippen molar-refractivity contribution in [2.45, 2.75) is 37.6 Å². The molecule has 10 nitrogen and oxygen atoms in total. The van der Waals surface area contributed by atoms with E-state index in [2.05, 4.69) is 0 Å². The van der Waals surface area contributed by atoms with Crippen LogP contribution in [0, 0.1) is 6.92 Å². The number of fused-ring (bicyclic) bond motifs is 3. The lowest BCUT2D eigenvalue weighted by atomic mass is 9.99. The summed E-state index contributed by atoms with van der Waals surface area (Å²) in [7, 11) is 0. The minimum absolute atomic E-state index is 0.0532. The molecule has 5 N–H and O–H groups in total. The number of aliphatic hydroxyl groups excluding tert-OH is 4. The lowest BCUT2D eigenvalue weighted by Crippen LogP contribution is -2.60. The third-order valence-electron chi connectivity index (χ3n) is 5.36. The molecule has 0 radical (unpaired) electrons. The number of aliphatic hydroxyl groups is 4. The van der Waals surface area contributed by atoms with E-state index in [9.17, 15) is 35.1 Å². The molecule has 2 heterocycles. The number of rotatable bonds is 4. The zero-order chi connectivity index (χ0) is 22.4. The number of hydrogen-bond acceptors (Lipinski definition) is 9. The maximum atomic E-state index is 12.5. The van der Waals surface area contributed by atoms with Crippen LogP contribution in [-0.2, 0) is 4.74 Å². The fraction of sp³-hybridized carbons (Fsp3) is 0.333. The third kappa shape index (κ3) is 3.54. The van der Waals surface area contributed by atoms with Crippen LogP contribution in [-0.4, -0.2) is 68.8 Å². The minimum atomic E-state index is -1.69. The lowest BCUT2D eigenvalue weighted by Gasteiger charge is -2.39. The van der Waals surface area contributed by atoms with Gasteiger partial charge in [-0.25, -0.2) is 9.59 Å². The standard InChI is InChI=1S/C21H20O10/c1-8-3-2-4-10-14(8)20(28)30-12-6-9(5-11(15(10)12)19(26)27)29-21-18(25)17(24)16(23)13(7-22)31-21/h2-6,13,16-18,21-25H,7H2,1H3,(H,26,27)/t13-,16-,17+,18-,21-/m1/s1. The normalized spacial score (nSPS) is 26.3. The van der Waals surface area contributed by atoms with Gasteiger partial charge in [-0.1, -0.05) is 18.2 Å². The Kier molecular flexibility index (Phi) is 5.42. The summed E-state index contributed by atoms with van der Waals surface area (Å²) < 4.78 is 16.1. The van der Waals surface area contributed by atoms with E-state index in [1.54, 1.807) is 25.1 Å². The van der Waals surface area contributed by atoms with Gasteiger partial charge in [-0.15, -0.1) is 0 Å².